The fourth-order valence-corrected chi connectivity index (χ4v) is 1.84. The van der Waals surface area contributed by atoms with Gasteiger partial charge in [0.05, 0.1) is 5.56 Å². The lowest BCUT2D eigenvalue weighted by molar-refractivity contribution is -0.140. The average Bonchev–Trinajstić information content (AvgIpc) is 2.40. The van der Waals surface area contributed by atoms with Crippen LogP contribution in [-0.2, 0) is 12.7 Å². The van der Waals surface area contributed by atoms with Gasteiger partial charge in [0.15, 0.2) is 0 Å². The van der Waals surface area contributed by atoms with Crippen LogP contribution in [0.1, 0.15) is 16.7 Å². The fraction of sp³-hybridized carbons (Fsp3) is 0.200. The SMILES string of the molecule is Cc1ccc(CN)c(Oc2ccc(F)c(C(F)(F)F)c2)c1. The summed E-state index contributed by atoms with van der Waals surface area (Å²) in [6.45, 7) is 2.00. The molecule has 0 fully saturated rings. The number of aryl methyl sites for hydroxylation is 1. The molecule has 21 heavy (non-hydrogen) atoms. The molecule has 0 unspecified atom stereocenters. The Balaban J connectivity index is 2.39. The summed E-state index contributed by atoms with van der Waals surface area (Å²) in [5.74, 6) is -1.07. The minimum absolute atomic E-state index is 0.0935. The molecule has 112 valence electrons. The second-order valence-corrected chi connectivity index (χ2v) is 4.56. The zero-order valence-corrected chi connectivity index (χ0v) is 11.2. The zero-order valence-electron chi connectivity index (χ0n) is 11.2. The van der Waals surface area contributed by atoms with Gasteiger partial charge in [-0.15, -0.1) is 0 Å². The van der Waals surface area contributed by atoms with Crippen molar-refractivity contribution in [3.63, 3.8) is 0 Å². The molecule has 0 amide bonds. The van der Waals surface area contributed by atoms with Crippen LogP contribution in [0.25, 0.3) is 0 Å². The molecule has 0 aromatic heterocycles. The Hall–Kier alpha value is -2.08. The molecule has 2 rings (SSSR count). The molecule has 0 aliphatic carbocycles. The maximum absolute atomic E-state index is 13.2. The molecule has 0 saturated heterocycles. The molecule has 0 aliphatic rings. The Morgan fingerprint density at radius 1 is 1.10 bits per heavy atom. The van der Waals surface area contributed by atoms with E-state index < -0.39 is 17.6 Å². The summed E-state index contributed by atoms with van der Waals surface area (Å²) >= 11 is 0. The van der Waals surface area contributed by atoms with Crippen LogP contribution in [0.5, 0.6) is 11.5 Å². The van der Waals surface area contributed by atoms with Crippen LogP contribution >= 0.6 is 0 Å². The molecule has 0 spiro atoms. The van der Waals surface area contributed by atoms with Crippen LogP contribution in [0.15, 0.2) is 36.4 Å². The highest BCUT2D eigenvalue weighted by Crippen LogP contribution is 2.35. The van der Waals surface area contributed by atoms with Crippen molar-refractivity contribution in [2.75, 3.05) is 0 Å². The van der Waals surface area contributed by atoms with Crippen molar-refractivity contribution in [2.24, 2.45) is 5.73 Å². The van der Waals surface area contributed by atoms with Gasteiger partial charge in [-0.1, -0.05) is 12.1 Å². The van der Waals surface area contributed by atoms with Crippen molar-refractivity contribution in [3.8, 4) is 11.5 Å². The monoisotopic (exact) mass is 299 g/mol. The van der Waals surface area contributed by atoms with Crippen molar-refractivity contribution in [3.05, 3.63) is 58.9 Å². The second-order valence-electron chi connectivity index (χ2n) is 4.56. The largest absolute Gasteiger partial charge is 0.457 e. The topological polar surface area (TPSA) is 35.2 Å². The van der Waals surface area contributed by atoms with Gasteiger partial charge in [-0.2, -0.15) is 13.2 Å². The first-order valence-electron chi connectivity index (χ1n) is 6.15. The summed E-state index contributed by atoms with van der Waals surface area (Å²) in [6, 6.07) is 7.74. The minimum atomic E-state index is -4.77. The predicted molar refractivity (Wildman–Crippen MR) is 70.5 cm³/mol. The highest BCUT2D eigenvalue weighted by atomic mass is 19.4. The summed E-state index contributed by atoms with van der Waals surface area (Å²) in [7, 11) is 0. The molecular formula is C15H13F4NO. The van der Waals surface area contributed by atoms with E-state index in [4.69, 9.17) is 10.5 Å². The van der Waals surface area contributed by atoms with E-state index in [0.717, 1.165) is 17.7 Å². The molecular weight excluding hydrogens is 286 g/mol. The van der Waals surface area contributed by atoms with E-state index in [1.165, 1.54) is 0 Å². The van der Waals surface area contributed by atoms with Crippen LogP contribution in [0, 0.1) is 12.7 Å². The summed E-state index contributed by atoms with van der Waals surface area (Å²) < 4.78 is 56.6. The summed E-state index contributed by atoms with van der Waals surface area (Å²) in [4.78, 5) is 0. The highest BCUT2D eigenvalue weighted by molar-refractivity contribution is 5.41. The van der Waals surface area contributed by atoms with Gasteiger partial charge < -0.3 is 10.5 Å². The maximum atomic E-state index is 13.2. The Morgan fingerprint density at radius 2 is 1.81 bits per heavy atom. The summed E-state index contributed by atoms with van der Waals surface area (Å²) in [6.07, 6.45) is -4.77. The Bertz CT molecular complexity index is 653. The van der Waals surface area contributed by atoms with E-state index in [1.54, 1.807) is 12.1 Å². The number of ether oxygens (including phenoxy) is 1. The van der Waals surface area contributed by atoms with Crippen LogP contribution in [0.3, 0.4) is 0 Å². The maximum Gasteiger partial charge on any atom is 0.419 e. The lowest BCUT2D eigenvalue weighted by Crippen LogP contribution is -2.08. The van der Waals surface area contributed by atoms with Gasteiger partial charge in [0.1, 0.15) is 17.3 Å². The highest BCUT2D eigenvalue weighted by Gasteiger charge is 2.34. The quantitative estimate of drug-likeness (QED) is 0.852. The predicted octanol–water partition coefficient (Wildman–Crippen LogP) is 4.40. The number of nitrogens with two attached hydrogens (primary N) is 1. The van der Waals surface area contributed by atoms with E-state index >= 15 is 0 Å². The van der Waals surface area contributed by atoms with Crippen LogP contribution in [0.2, 0.25) is 0 Å². The van der Waals surface area contributed by atoms with Crippen molar-refractivity contribution in [1.82, 2.24) is 0 Å². The summed E-state index contributed by atoms with van der Waals surface area (Å²) in [5, 5.41) is 0. The molecule has 2 N–H and O–H groups in total. The minimum Gasteiger partial charge on any atom is -0.457 e. The number of alkyl halides is 3. The third-order valence-electron chi connectivity index (χ3n) is 2.91. The van der Waals surface area contributed by atoms with Crippen LogP contribution in [-0.4, -0.2) is 0 Å². The first kappa shape index (κ1) is 15.3. The molecule has 0 heterocycles. The van der Waals surface area contributed by atoms with Gasteiger partial charge in [0, 0.05) is 12.1 Å². The Morgan fingerprint density at radius 3 is 2.43 bits per heavy atom. The lowest BCUT2D eigenvalue weighted by atomic mass is 10.1. The van der Waals surface area contributed by atoms with Crippen molar-refractivity contribution >= 4 is 0 Å². The van der Waals surface area contributed by atoms with E-state index in [0.29, 0.717) is 17.4 Å². The van der Waals surface area contributed by atoms with E-state index in [2.05, 4.69) is 0 Å². The van der Waals surface area contributed by atoms with Gasteiger partial charge in [-0.3, -0.25) is 0 Å². The van der Waals surface area contributed by atoms with E-state index in [-0.39, 0.29) is 12.3 Å². The fourth-order valence-electron chi connectivity index (χ4n) is 1.84. The number of hydrogen-bond donors (Lipinski definition) is 1. The first-order valence-corrected chi connectivity index (χ1v) is 6.15. The third kappa shape index (κ3) is 3.52. The van der Waals surface area contributed by atoms with Gasteiger partial charge in [0.25, 0.3) is 0 Å². The molecule has 0 saturated carbocycles. The number of hydrogen-bond acceptors (Lipinski definition) is 2. The van der Waals surface area contributed by atoms with Gasteiger partial charge in [0.2, 0.25) is 0 Å². The van der Waals surface area contributed by atoms with Crippen LogP contribution < -0.4 is 10.5 Å². The third-order valence-corrected chi connectivity index (χ3v) is 2.91. The molecule has 0 radical (unpaired) electrons. The molecule has 2 nitrogen and oxygen atoms in total. The average molecular weight is 299 g/mol. The smallest absolute Gasteiger partial charge is 0.419 e. The molecule has 0 bridgehead atoms. The molecule has 6 heteroatoms. The van der Waals surface area contributed by atoms with Crippen molar-refractivity contribution in [1.29, 1.82) is 0 Å². The Labute approximate surface area is 119 Å². The van der Waals surface area contributed by atoms with Gasteiger partial charge in [-0.25, -0.2) is 4.39 Å². The standard InChI is InChI=1S/C15H13F4NO/c1-9-2-3-10(8-20)14(6-9)21-11-4-5-13(16)12(7-11)15(17,18)19/h2-7H,8,20H2,1H3. The normalized spacial score (nSPS) is 11.5. The first-order chi connectivity index (χ1) is 9.81. The zero-order chi connectivity index (χ0) is 15.6. The number of rotatable bonds is 3. The van der Waals surface area contributed by atoms with Crippen molar-refractivity contribution in [2.45, 2.75) is 19.6 Å². The molecule has 0 atom stereocenters. The van der Waals surface area contributed by atoms with Crippen LogP contribution in [0.4, 0.5) is 17.6 Å². The van der Waals surface area contributed by atoms with E-state index in [1.807, 2.05) is 13.0 Å². The Kier molecular flexibility index (Phi) is 4.18. The lowest BCUT2D eigenvalue weighted by Gasteiger charge is -2.13. The van der Waals surface area contributed by atoms with Gasteiger partial charge >= 0.3 is 6.18 Å². The van der Waals surface area contributed by atoms with Gasteiger partial charge in [-0.05, 0) is 36.8 Å². The number of halogens is 4. The van der Waals surface area contributed by atoms with E-state index in [9.17, 15) is 17.6 Å². The summed E-state index contributed by atoms with van der Waals surface area (Å²) in [5.41, 5.74) is 5.73. The molecule has 2 aromatic carbocycles. The molecule has 2 aromatic rings. The second kappa shape index (κ2) is 5.73. The molecule has 0 aliphatic heterocycles. The van der Waals surface area contributed by atoms with Crippen molar-refractivity contribution < 1.29 is 22.3 Å². The number of benzene rings is 2.